The Kier molecular flexibility index (Phi) is 6.19. The van der Waals surface area contributed by atoms with E-state index in [0.717, 1.165) is 22.6 Å². The molecule has 1 heterocycles. The number of benzene rings is 2. The van der Waals surface area contributed by atoms with E-state index in [0.29, 0.717) is 18.8 Å². The lowest BCUT2D eigenvalue weighted by Gasteiger charge is -2.33. The maximum atomic E-state index is 12.7. The molecular formula is C22H26N2O4. The fraction of sp³-hybridized carbons (Fsp3) is 0.364. The minimum Gasteiger partial charge on any atom is -0.497 e. The Morgan fingerprint density at radius 3 is 2.64 bits per heavy atom. The summed E-state index contributed by atoms with van der Waals surface area (Å²) in [7, 11) is 1.61. The molecule has 1 aliphatic rings. The number of carbonyl (C=O) groups is 2. The maximum absolute atomic E-state index is 12.7. The summed E-state index contributed by atoms with van der Waals surface area (Å²) in [6.07, 6.45) is 0.235. The van der Waals surface area contributed by atoms with Gasteiger partial charge in [-0.3, -0.25) is 9.59 Å². The van der Waals surface area contributed by atoms with Crippen LogP contribution in [-0.4, -0.2) is 31.6 Å². The average molecular weight is 382 g/mol. The van der Waals surface area contributed by atoms with Gasteiger partial charge in [0.25, 0.3) is 0 Å². The second kappa shape index (κ2) is 8.78. The van der Waals surface area contributed by atoms with Crippen molar-refractivity contribution < 1.29 is 19.1 Å². The summed E-state index contributed by atoms with van der Waals surface area (Å²) in [6.45, 7) is 4.83. The molecule has 6 heteroatoms. The van der Waals surface area contributed by atoms with E-state index in [1.54, 1.807) is 12.0 Å². The minimum atomic E-state index is -0.144. The van der Waals surface area contributed by atoms with E-state index in [2.05, 4.69) is 5.32 Å². The Balaban J connectivity index is 1.53. The fourth-order valence-electron chi connectivity index (χ4n) is 3.17. The number of rotatable bonds is 6. The van der Waals surface area contributed by atoms with Crippen LogP contribution in [0, 0.1) is 6.92 Å². The molecule has 0 bridgehead atoms. The van der Waals surface area contributed by atoms with E-state index in [-0.39, 0.29) is 30.8 Å². The molecular weight excluding hydrogens is 356 g/mol. The Labute approximate surface area is 165 Å². The first-order valence-corrected chi connectivity index (χ1v) is 9.43. The van der Waals surface area contributed by atoms with Crippen LogP contribution in [0.4, 0.5) is 5.69 Å². The minimum absolute atomic E-state index is 0.0680. The van der Waals surface area contributed by atoms with Crippen molar-refractivity contribution in [3.8, 4) is 11.5 Å². The van der Waals surface area contributed by atoms with Crippen LogP contribution in [0.2, 0.25) is 0 Å². The van der Waals surface area contributed by atoms with Crippen molar-refractivity contribution in [2.75, 3.05) is 18.6 Å². The van der Waals surface area contributed by atoms with Gasteiger partial charge in [0.2, 0.25) is 11.8 Å². The van der Waals surface area contributed by atoms with Crippen molar-refractivity contribution in [3.63, 3.8) is 0 Å². The molecule has 6 nitrogen and oxygen atoms in total. The Hall–Kier alpha value is -3.02. The number of amides is 2. The highest BCUT2D eigenvalue weighted by Gasteiger charge is 2.27. The number of nitrogens with one attached hydrogen (secondary N) is 1. The quantitative estimate of drug-likeness (QED) is 0.833. The molecule has 1 atom stereocenters. The molecule has 0 fully saturated rings. The Morgan fingerprint density at radius 1 is 1.18 bits per heavy atom. The Bertz CT molecular complexity index is 848. The van der Waals surface area contributed by atoms with Gasteiger partial charge in [-0.1, -0.05) is 18.2 Å². The number of hydrogen-bond donors (Lipinski definition) is 1. The molecule has 28 heavy (non-hydrogen) atoms. The summed E-state index contributed by atoms with van der Waals surface area (Å²) >= 11 is 0. The predicted octanol–water partition coefficient (Wildman–Crippen LogP) is 3.21. The number of nitrogens with zero attached hydrogens (tertiary/aromatic N) is 1. The highest BCUT2D eigenvalue weighted by molar-refractivity contribution is 5.97. The molecule has 1 unspecified atom stereocenters. The van der Waals surface area contributed by atoms with Crippen molar-refractivity contribution in [3.05, 3.63) is 53.6 Å². The lowest BCUT2D eigenvalue weighted by atomic mass is 10.1. The molecule has 0 saturated carbocycles. The summed E-state index contributed by atoms with van der Waals surface area (Å²) in [6, 6.07) is 13.3. The third kappa shape index (κ3) is 4.82. The average Bonchev–Trinajstić information content (AvgIpc) is 2.70. The first-order valence-electron chi connectivity index (χ1n) is 9.43. The van der Waals surface area contributed by atoms with E-state index >= 15 is 0 Å². The third-order valence-electron chi connectivity index (χ3n) is 4.69. The predicted molar refractivity (Wildman–Crippen MR) is 108 cm³/mol. The van der Waals surface area contributed by atoms with Gasteiger partial charge in [0, 0.05) is 19.4 Å². The monoisotopic (exact) mass is 382 g/mol. The van der Waals surface area contributed by atoms with Crippen LogP contribution in [0.1, 0.15) is 30.9 Å². The molecule has 148 valence electrons. The molecule has 0 saturated heterocycles. The fourth-order valence-corrected chi connectivity index (χ4v) is 3.17. The van der Waals surface area contributed by atoms with Crippen molar-refractivity contribution in [2.45, 2.75) is 39.3 Å². The van der Waals surface area contributed by atoms with E-state index in [4.69, 9.17) is 9.47 Å². The van der Waals surface area contributed by atoms with Crippen molar-refractivity contribution in [1.82, 2.24) is 5.32 Å². The molecule has 0 radical (unpaired) electrons. The second-order valence-electron chi connectivity index (χ2n) is 7.03. The van der Waals surface area contributed by atoms with Gasteiger partial charge in [-0.05, 0) is 49.2 Å². The summed E-state index contributed by atoms with van der Waals surface area (Å²) in [4.78, 5) is 26.6. The van der Waals surface area contributed by atoms with Crippen LogP contribution < -0.4 is 19.7 Å². The van der Waals surface area contributed by atoms with Crippen LogP contribution in [0.25, 0.3) is 0 Å². The second-order valence-corrected chi connectivity index (χ2v) is 7.03. The number of methoxy groups -OCH3 is 1. The van der Waals surface area contributed by atoms with Crippen LogP contribution in [0.5, 0.6) is 11.5 Å². The molecule has 0 spiro atoms. The van der Waals surface area contributed by atoms with Gasteiger partial charge in [0.05, 0.1) is 19.3 Å². The molecule has 1 N–H and O–H groups in total. The highest BCUT2D eigenvalue weighted by atomic mass is 16.5. The number of fused-ring (bicyclic) bond motifs is 1. The Morgan fingerprint density at radius 2 is 1.93 bits per heavy atom. The van der Waals surface area contributed by atoms with E-state index in [9.17, 15) is 9.59 Å². The van der Waals surface area contributed by atoms with Gasteiger partial charge in [-0.15, -0.1) is 0 Å². The van der Waals surface area contributed by atoms with Crippen molar-refractivity contribution >= 4 is 17.5 Å². The zero-order valence-electron chi connectivity index (χ0n) is 16.5. The zero-order chi connectivity index (χ0) is 20.1. The number of ether oxygens (including phenoxy) is 2. The van der Waals surface area contributed by atoms with Gasteiger partial charge in [-0.2, -0.15) is 0 Å². The van der Waals surface area contributed by atoms with Crippen LogP contribution >= 0.6 is 0 Å². The molecule has 0 aromatic heterocycles. The smallest absolute Gasteiger partial charge is 0.227 e. The number of aryl methyl sites for hydroxylation is 1. The molecule has 2 aromatic carbocycles. The van der Waals surface area contributed by atoms with Gasteiger partial charge in [-0.25, -0.2) is 0 Å². The molecule has 1 aliphatic heterocycles. The summed E-state index contributed by atoms with van der Waals surface area (Å²) in [5, 5.41) is 2.86. The van der Waals surface area contributed by atoms with Gasteiger partial charge < -0.3 is 19.7 Å². The van der Waals surface area contributed by atoms with Crippen molar-refractivity contribution in [2.24, 2.45) is 0 Å². The molecule has 2 aromatic rings. The number of hydrogen-bond acceptors (Lipinski definition) is 4. The lowest BCUT2D eigenvalue weighted by molar-refractivity contribution is -0.125. The summed E-state index contributed by atoms with van der Waals surface area (Å²) < 4.78 is 10.9. The maximum Gasteiger partial charge on any atom is 0.227 e. The lowest BCUT2D eigenvalue weighted by Crippen LogP contribution is -2.42. The standard InChI is InChI=1S/C22H26N2O4/c1-15-4-9-20-19(12-15)24(14-16(2)28-20)22(26)11-10-21(25)23-13-17-5-7-18(27-3)8-6-17/h4-9,12,16H,10-11,13-14H2,1-3H3,(H,23,25). The van der Waals surface area contributed by atoms with Crippen LogP contribution in [0.3, 0.4) is 0 Å². The SMILES string of the molecule is COc1ccc(CNC(=O)CCC(=O)N2CC(C)Oc3ccc(C)cc32)cc1. The van der Waals surface area contributed by atoms with Crippen LogP contribution in [0.15, 0.2) is 42.5 Å². The summed E-state index contributed by atoms with van der Waals surface area (Å²) in [5.74, 6) is 1.27. The summed E-state index contributed by atoms with van der Waals surface area (Å²) in [5.41, 5.74) is 2.82. The van der Waals surface area contributed by atoms with E-state index in [1.165, 1.54) is 0 Å². The van der Waals surface area contributed by atoms with Gasteiger partial charge >= 0.3 is 0 Å². The third-order valence-corrected chi connectivity index (χ3v) is 4.69. The molecule has 3 rings (SSSR count). The van der Waals surface area contributed by atoms with Gasteiger partial charge in [0.1, 0.15) is 17.6 Å². The first-order chi connectivity index (χ1) is 13.5. The van der Waals surface area contributed by atoms with E-state index < -0.39 is 0 Å². The molecule has 2 amide bonds. The highest BCUT2D eigenvalue weighted by Crippen LogP contribution is 2.34. The number of anilines is 1. The topological polar surface area (TPSA) is 67.9 Å². The molecule has 0 aliphatic carbocycles. The number of carbonyl (C=O) groups excluding carboxylic acids is 2. The van der Waals surface area contributed by atoms with E-state index in [1.807, 2.05) is 56.3 Å². The first kappa shape index (κ1) is 19.7. The van der Waals surface area contributed by atoms with Gasteiger partial charge in [0.15, 0.2) is 0 Å². The largest absolute Gasteiger partial charge is 0.497 e. The zero-order valence-corrected chi connectivity index (χ0v) is 16.5. The van der Waals surface area contributed by atoms with Crippen LogP contribution in [-0.2, 0) is 16.1 Å². The normalized spacial score (nSPS) is 15.4. The van der Waals surface area contributed by atoms with Crippen molar-refractivity contribution in [1.29, 1.82) is 0 Å².